The molecule has 3 fully saturated rings. The fourth-order valence-electron chi connectivity index (χ4n) is 4.85. The van der Waals surface area contributed by atoms with E-state index in [2.05, 4.69) is 36.6 Å². The Kier molecular flexibility index (Phi) is 4.45. The topological polar surface area (TPSA) is 95.5 Å². The Balaban J connectivity index is 1.25. The number of hydrogen-bond donors (Lipinski definition) is 2. The molecule has 2 aliphatic heterocycles. The number of ether oxygens (including phenoxy) is 1. The number of rotatable bonds is 4. The van der Waals surface area contributed by atoms with Crippen molar-refractivity contribution in [3.8, 4) is 5.75 Å². The summed E-state index contributed by atoms with van der Waals surface area (Å²) in [4.78, 5) is 31.1. The van der Waals surface area contributed by atoms with Crippen LogP contribution in [0.4, 0.5) is 23.3 Å². The van der Waals surface area contributed by atoms with Crippen LogP contribution >= 0.6 is 0 Å². The molecule has 0 unspecified atom stereocenters. The summed E-state index contributed by atoms with van der Waals surface area (Å²) in [6.07, 6.45) is 9.45. The lowest BCUT2D eigenvalue weighted by atomic mass is 10.1. The SMILES string of the molecule is O=C1N(C2CCCC2)c2nc(Nc3ccc(N4CCNCC4)cn3)ncc2OC12CC2. The number of fused-ring (bicyclic) bond motifs is 1. The van der Waals surface area contributed by atoms with Crippen LogP contribution in [-0.2, 0) is 4.79 Å². The monoisotopic (exact) mass is 421 g/mol. The summed E-state index contributed by atoms with van der Waals surface area (Å²) in [5, 5.41) is 6.55. The maximum absolute atomic E-state index is 13.2. The zero-order valence-electron chi connectivity index (χ0n) is 17.5. The average molecular weight is 422 g/mol. The van der Waals surface area contributed by atoms with E-state index in [1.165, 1.54) is 0 Å². The summed E-state index contributed by atoms with van der Waals surface area (Å²) < 4.78 is 6.05. The van der Waals surface area contributed by atoms with E-state index in [0.717, 1.165) is 70.4 Å². The summed E-state index contributed by atoms with van der Waals surface area (Å²) in [6, 6.07) is 4.20. The fourth-order valence-corrected chi connectivity index (χ4v) is 4.85. The Bertz CT molecular complexity index is 980. The Hall–Kier alpha value is -2.94. The summed E-state index contributed by atoms with van der Waals surface area (Å²) >= 11 is 0. The molecule has 6 rings (SSSR count). The van der Waals surface area contributed by atoms with Gasteiger partial charge in [-0.05, 0) is 25.0 Å². The lowest BCUT2D eigenvalue weighted by Gasteiger charge is -2.37. The molecule has 9 heteroatoms. The van der Waals surface area contributed by atoms with Crippen molar-refractivity contribution in [2.24, 2.45) is 0 Å². The third-order valence-electron chi connectivity index (χ3n) is 6.74. The van der Waals surface area contributed by atoms with Gasteiger partial charge in [0.1, 0.15) is 5.82 Å². The minimum absolute atomic E-state index is 0.0649. The number of anilines is 4. The van der Waals surface area contributed by atoms with E-state index >= 15 is 0 Å². The van der Waals surface area contributed by atoms with Gasteiger partial charge in [0, 0.05) is 45.1 Å². The molecule has 2 saturated carbocycles. The quantitative estimate of drug-likeness (QED) is 0.776. The van der Waals surface area contributed by atoms with Crippen LogP contribution in [0.2, 0.25) is 0 Å². The van der Waals surface area contributed by atoms with Crippen LogP contribution in [-0.4, -0.2) is 58.7 Å². The smallest absolute Gasteiger partial charge is 0.272 e. The molecule has 0 atom stereocenters. The molecule has 4 aliphatic rings. The van der Waals surface area contributed by atoms with Gasteiger partial charge in [0.25, 0.3) is 5.91 Å². The van der Waals surface area contributed by atoms with Crippen LogP contribution in [0, 0.1) is 0 Å². The second kappa shape index (κ2) is 7.33. The highest BCUT2D eigenvalue weighted by Crippen LogP contribution is 2.50. The van der Waals surface area contributed by atoms with Gasteiger partial charge < -0.3 is 20.3 Å². The predicted molar refractivity (Wildman–Crippen MR) is 117 cm³/mol. The van der Waals surface area contributed by atoms with Crippen molar-refractivity contribution >= 4 is 29.2 Å². The maximum Gasteiger partial charge on any atom is 0.272 e. The molecular formula is C22H27N7O2. The fraction of sp³-hybridized carbons (Fsp3) is 0.545. The van der Waals surface area contributed by atoms with Crippen LogP contribution in [0.5, 0.6) is 5.75 Å². The Morgan fingerprint density at radius 1 is 1.10 bits per heavy atom. The van der Waals surface area contributed by atoms with E-state index in [1.54, 1.807) is 6.20 Å². The first kappa shape index (κ1) is 18.8. The number of carbonyl (C=O) groups is 1. The van der Waals surface area contributed by atoms with Crippen LogP contribution in [0.1, 0.15) is 38.5 Å². The lowest BCUT2D eigenvalue weighted by molar-refractivity contribution is -0.128. The highest BCUT2D eigenvalue weighted by atomic mass is 16.5. The molecule has 1 spiro atoms. The van der Waals surface area contributed by atoms with Gasteiger partial charge >= 0.3 is 0 Å². The number of pyridine rings is 1. The Morgan fingerprint density at radius 3 is 2.61 bits per heavy atom. The van der Waals surface area contributed by atoms with E-state index < -0.39 is 5.60 Å². The van der Waals surface area contributed by atoms with Gasteiger partial charge in [0.05, 0.1) is 18.1 Å². The van der Waals surface area contributed by atoms with E-state index in [4.69, 9.17) is 4.74 Å². The Labute approximate surface area is 181 Å². The molecule has 1 amide bonds. The van der Waals surface area contributed by atoms with Crippen molar-refractivity contribution in [3.05, 3.63) is 24.5 Å². The molecule has 2 aromatic rings. The van der Waals surface area contributed by atoms with Gasteiger partial charge in [-0.2, -0.15) is 4.98 Å². The number of aromatic nitrogens is 3. The van der Waals surface area contributed by atoms with E-state index in [-0.39, 0.29) is 11.9 Å². The van der Waals surface area contributed by atoms with Gasteiger partial charge in [-0.25, -0.2) is 9.97 Å². The highest BCUT2D eigenvalue weighted by Gasteiger charge is 2.59. The molecule has 2 N–H and O–H groups in total. The lowest BCUT2D eigenvalue weighted by Crippen LogP contribution is -2.52. The number of nitrogens with zero attached hydrogens (tertiary/aromatic N) is 5. The molecule has 4 heterocycles. The van der Waals surface area contributed by atoms with Gasteiger partial charge in [-0.1, -0.05) is 12.8 Å². The summed E-state index contributed by atoms with van der Waals surface area (Å²) in [6.45, 7) is 3.94. The first-order valence-electron chi connectivity index (χ1n) is 11.3. The molecule has 9 nitrogen and oxygen atoms in total. The number of carbonyl (C=O) groups excluding carboxylic acids is 1. The molecule has 2 aromatic heterocycles. The standard InChI is InChI=1S/C22H27N7O2/c30-20-22(7-8-22)31-17-14-25-21(27-19(17)29(20)15-3-1-2-4-15)26-18-6-5-16(13-24-18)28-11-9-23-10-12-28/h5-6,13-15,23H,1-4,7-12H2,(H,24,25,26,27). The van der Waals surface area contributed by atoms with E-state index in [9.17, 15) is 4.79 Å². The molecule has 0 aromatic carbocycles. The molecular weight excluding hydrogens is 394 g/mol. The third-order valence-corrected chi connectivity index (χ3v) is 6.74. The second-order valence-corrected chi connectivity index (χ2v) is 8.85. The van der Waals surface area contributed by atoms with Gasteiger partial charge in [0.15, 0.2) is 17.2 Å². The minimum Gasteiger partial charge on any atom is -0.472 e. The zero-order valence-corrected chi connectivity index (χ0v) is 17.5. The summed E-state index contributed by atoms with van der Waals surface area (Å²) in [5.74, 6) is 2.36. The Morgan fingerprint density at radius 2 is 1.90 bits per heavy atom. The van der Waals surface area contributed by atoms with Crippen LogP contribution in [0.3, 0.4) is 0 Å². The first-order chi connectivity index (χ1) is 15.2. The number of amides is 1. The largest absolute Gasteiger partial charge is 0.472 e. The zero-order chi connectivity index (χ0) is 20.8. The minimum atomic E-state index is -0.671. The van der Waals surface area contributed by atoms with Crippen LogP contribution in [0.25, 0.3) is 0 Å². The molecule has 31 heavy (non-hydrogen) atoms. The van der Waals surface area contributed by atoms with Crippen molar-refractivity contribution in [2.45, 2.75) is 50.2 Å². The number of nitrogens with one attached hydrogen (secondary N) is 2. The third kappa shape index (κ3) is 3.37. The van der Waals surface area contributed by atoms with Crippen molar-refractivity contribution in [3.63, 3.8) is 0 Å². The van der Waals surface area contributed by atoms with Crippen molar-refractivity contribution in [2.75, 3.05) is 41.3 Å². The molecule has 2 aliphatic carbocycles. The molecule has 0 radical (unpaired) electrons. The molecule has 162 valence electrons. The second-order valence-electron chi connectivity index (χ2n) is 8.85. The van der Waals surface area contributed by atoms with Crippen molar-refractivity contribution < 1.29 is 9.53 Å². The number of piperazine rings is 1. The molecule has 1 saturated heterocycles. The van der Waals surface area contributed by atoms with Gasteiger partial charge in [-0.3, -0.25) is 9.69 Å². The first-order valence-corrected chi connectivity index (χ1v) is 11.3. The van der Waals surface area contributed by atoms with Crippen LogP contribution in [0.15, 0.2) is 24.5 Å². The maximum atomic E-state index is 13.2. The van der Waals surface area contributed by atoms with Crippen LogP contribution < -0.4 is 25.2 Å². The molecule has 0 bridgehead atoms. The number of hydrogen-bond acceptors (Lipinski definition) is 8. The highest BCUT2D eigenvalue weighted by molar-refractivity contribution is 6.04. The summed E-state index contributed by atoms with van der Waals surface area (Å²) in [5.41, 5.74) is 0.439. The van der Waals surface area contributed by atoms with E-state index in [1.807, 2.05) is 17.2 Å². The normalized spacial score (nSPS) is 22.4. The van der Waals surface area contributed by atoms with Crippen molar-refractivity contribution in [1.29, 1.82) is 0 Å². The predicted octanol–water partition coefficient (Wildman–Crippen LogP) is 2.23. The van der Waals surface area contributed by atoms with Gasteiger partial charge in [0.2, 0.25) is 5.95 Å². The van der Waals surface area contributed by atoms with Crippen molar-refractivity contribution in [1.82, 2.24) is 20.3 Å². The summed E-state index contributed by atoms with van der Waals surface area (Å²) in [7, 11) is 0. The van der Waals surface area contributed by atoms with E-state index in [0.29, 0.717) is 23.3 Å². The average Bonchev–Trinajstić information content (AvgIpc) is 3.37. The van der Waals surface area contributed by atoms with Gasteiger partial charge in [-0.15, -0.1) is 0 Å².